The van der Waals surface area contributed by atoms with Crippen LogP contribution in [0, 0.1) is 24.1 Å². The van der Waals surface area contributed by atoms with E-state index < -0.39 is 0 Å². The average molecular weight is 348 g/mol. The number of hydrogen-bond acceptors (Lipinski definition) is 5. The molecular formula is C20H17FN4O. The van der Waals surface area contributed by atoms with Crippen molar-refractivity contribution in [3.63, 3.8) is 0 Å². The molecular weight excluding hydrogens is 331 g/mol. The largest absolute Gasteiger partial charge is 0.424 e. The van der Waals surface area contributed by atoms with Gasteiger partial charge in [0.1, 0.15) is 5.82 Å². The van der Waals surface area contributed by atoms with Crippen molar-refractivity contribution in [3.8, 4) is 6.07 Å². The Bertz CT molecular complexity index is 991. The van der Waals surface area contributed by atoms with Gasteiger partial charge in [-0.05, 0) is 29.7 Å². The molecule has 6 heteroatoms. The van der Waals surface area contributed by atoms with Crippen LogP contribution in [-0.2, 0) is 19.5 Å². The number of nitrogens with zero attached hydrogens (tertiary/aromatic N) is 4. The van der Waals surface area contributed by atoms with Gasteiger partial charge in [-0.25, -0.2) is 4.39 Å². The van der Waals surface area contributed by atoms with Gasteiger partial charge in [0.15, 0.2) is 0 Å². The zero-order valence-corrected chi connectivity index (χ0v) is 14.3. The minimum atomic E-state index is -0.372. The van der Waals surface area contributed by atoms with Crippen LogP contribution >= 0.6 is 0 Å². The summed E-state index contributed by atoms with van der Waals surface area (Å²) in [6.45, 7) is 2.83. The number of benzene rings is 2. The van der Waals surface area contributed by atoms with Crippen LogP contribution in [0.4, 0.5) is 4.39 Å². The maximum Gasteiger partial charge on any atom is 0.233 e. The normalized spacial score (nSPS) is 16.9. The lowest BCUT2D eigenvalue weighted by atomic mass is 9.93. The van der Waals surface area contributed by atoms with Crippen molar-refractivity contribution in [1.29, 1.82) is 5.26 Å². The van der Waals surface area contributed by atoms with Gasteiger partial charge in [0.25, 0.3) is 0 Å². The summed E-state index contributed by atoms with van der Waals surface area (Å²) in [5, 5.41) is 17.1. The van der Waals surface area contributed by atoms with Gasteiger partial charge in [-0.15, -0.1) is 10.2 Å². The Hall–Kier alpha value is -3.04. The maximum absolute atomic E-state index is 14.4. The van der Waals surface area contributed by atoms with E-state index in [9.17, 15) is 4.39 Å². The minimum absolute atomic E-state index is 0.110. The lowest BCUT2D eigenvalue weighted by Crippen LogP contribution is -2.34. The van der Waals surface area contributed by atoms with Gasteiger partial charge in [-0.3, -0.25) is 4.90 Å². The first-order chi connectivity index (χ1) is 12.6. The molecule has 0 saturated carbocycles. The van der Waals surface area contributed by atoms with Crippen molar-refractivity contribution in [1.82, 2.24) is 15.1 Å². The summed E-state index contributed by atoms with van der Waals surface area (Å²) in [7, 11) is 0. The summed E-state index contributed by atoms with van der Waals surface area (Å²) in [6.07, 6.45) is 0.732. The fraction of sp³-hybridized carbons (Fsp3) is 0.250. The smallest absolute Gasteiger partial charge is 0.233 e. The van der Waals surface area contributed by atoms with Gasteiger partial charge < -0.3 is 4.42 Å². The van der Waals surface area contributed by atoms with Gasteiger partial charge >= 0.3 is 0 Å². The van der Waals surface area contributed by atoms with Crippen LogP contribution in [0.15, 0.2) is 46.9 Å². The Morgan fingerprint density at radius 2 is 2.04 bits per heavy atom. The molecule has 0 amide bonds. The van der Waals surface area contributed by atoms with Crippen molar-refractivity contribution >= 4 is 0 Å². The third kappa shape index (κ3) is 3.09. The molecule has 1 aromatic heterocycles. The van der Waals surface area contributed by atoms with E-state index in [2.05, 4.69) is 27.2 Å². The van der Waals surface area contributed by atoms with Crippen molar-refractivity contribution in [2.75, 3.05) is 0 Å². The summed E-state index contributed by atoms with van der Waals surface area (Å²) >= 11 is 0. The molecule has 4 rings (SSSR count). The van der Waals surface area contributed by atoms with E-state index in [4.69, 9.17) is 9.68 Å². The highest BCUT2D eigenvalue weighted by Crippen LogP contribution is 2.34. The summed E-state index contributed by atoms with van der Waals surface area (Å²) in [4.78, 5) is 2.14. The van der Waals surface area contributed by atoms with Crippen molar-refractivity contribution in [2.24, 2.45) is 0 Å². The molecule has 0 bridgehead atoms. The molecule has 0 fully saturated rings. The third-order valence-electron chi connectivity index (χ3n) is 4.73. The van der Waals surface area contributed by atoms with Crippen LogP contribution in [0.25, 0.3) is 0 Å². The predicted molar refractivity (Wildman–Crippen MR) is 92.3 cm³/mol. The first-order valence-corrected chi connectivity index (χ1v) is 8.43. The maximum atomic E-state index is 14.4. The molecule has 1 aliphatic rings. The SMILES string of the molecule is Cc1nnc(C2Cc3ccccc3CN2Cc2ccc(C#N)cc2F)o1. The summed E-state index contributed by atoms with van der Waals surface area (Å²) < 4.78 is 20.1. The average Bonchev–Trinajstić information content (AvgIpc) is 3.09. The number of aryl methyl sites for hydroxylation is 1. The van der Waals surface area contributed by atoms with E-state index >= 15 is 0 Å². The van der Waals surface area contributed by atoms with Gasteiger partial charge in [-0.2, -0.15) is 5.26 Å². The standard InChI is InChI=1S/C20H17FN4O/c1-13-23-24-20(26-13)19-9-15-4-2-3-5-16(15)11-25(19)12-17-7-6-14(10-22)8-18(17)21/h2-8,19H,9,11-12H2,1H3. The molecule has 1 atom stereocenters. The molecule has 0 radical (unpaired) electrons. The fourth-order valence-electron chi connectivity index (χ4n) is 3.40. The molecule has 0 spiro atoms. The topological polar surface area (TPSA) is 66.0 Å². The summed E-state index contributed by atoms with van der Waals surface area (Å²) in [6, 6.07) is 14.7. The highest BCUT2D eigenvalue weighted by molar-refractivity contribution is 5.34. The van der Waals surface area contributed by atoms with E-state index in [1.165, 1.54) is 17.2 Å². The molecule has 1 aliphatic heterocycles. The van der Waals surface area contributed by atoms with Crippen molar-refractivity contribution in [3.05, 3.63) is 82.3 Å². The second kappa shape index (κ2) is 6.70. The monoisotopic (exact) mass is 348 g/mol. The zero-order valence-electron chi connectivity index (χ0n) is 14.3. The van der Waals surface area contributed by atoms with E-state index in [-0.39, 0.29) is 11.9 Å². The van der Waals surface area contributed by atoms with E-state index in [1.807, 2.05) is 18.2 Å². The molecule has 0 aliphatic carbocycles. The summed E-state index contributed by atoms with van der Waals surface area (Å²) in [5.74, 6) is 0.692. The lowest BCUT2D eigenvalue weighted by Gasteiger charge is -2.35. The molecule has 3 aromatic rings. The Morgan fingerprint density at radius 1 is 1.23 bits per heavy atom. The Labute approximate surface area is 150 Å². The zero-order chi connectivity index (χ0) is 18.1. The van der Waals surface area contributed by atoms with Crippen LogP contribution < -0.4 is 0 Å². The van der Waals surface area contributed by atoms with Gasteiger partial charge in [0.05, 0.1) is 17.7 Å². The molecule has 0 N–H and O–H groups in total. The quantitative estimate of drug-likeness (QED) is 0.722. The van der Waals surface area contributed by atoms with Crippen LogP contribution in [0.3, 0.4) is 0 Å². The molecule has 2 heterocycles. The van der Waals surface area contributed by atoms with Crippen LogP contribution in [0.1, 0.15) is 40.1 Å². The van der Waals surface area contributed by atoms with E-state index in [0.717, 1.165) is 6.42 Å². The highest BCUT2D eigenvalue weighted by atomic mass is 19.1. The van der Waals surface area contributed by atoms with Gasteiger partial charge in [0.2, 0.25) is 11.8 Å². The number of halogens is 1. The molecule has 2 aromatic carbocycles. The molecule has 130 valence electrons. The molecule has 5 nitrogen and oxygen atoms in total. The van der Waals surface area contributed by atoms with Crippen LogP contribution in [0.2, 0.25) is 0 Å². The van der Waals surface area contributed by atoms with Gasteiger partial charge in [-0.1, -0.05) is 30.3 Å². The first-order valence-electron chi connectivity index (χ1n) is 8.43. The van der Waals surface area contributed by atoms with Gasteiger partial charge in [0, 0.05) is 25.6 Å². The van der Waals surface area contributed by atoms with E-state index in [1.54, 1.807) is 19.1 Å². The lowest BCUT2D eigenvalue weighted by molar-refractivity contribution is 0.135. The van der Waals surface area contributed by atoms with Crippen LogP contribution in [0.5, 0.6) is 0 Å². The number of nitriles is 1. The fourth-order valence-corrected chi connectivity index (χ4v) is 3.40. The van der Waals surface area contributed by atoms with E-state index in [0.29, 0.717) is 36.0 Å². The second-order valence-corrected chi connectivity index (χ2v) is 6.47. The van der Waals surface area contributed by atoms with Crippen LogP contribution in [-0.4, -0.2) is 15.1 Å². The minimum Gasteiger partial charge on any atom is -0.424 e. The Kier molecular flexibility index (Phi) is 4.23. The Balaban J connectivity index is 1.68. The Morgan fingerprint density at radius 3 is 2.73 bits per heavy atom. The number of fused-ring (bicyclic) bond motifs is 1. The third-order valence-corrected chi connectivity index (χ3v) is 4.73. The molecule has 0 saturated heterocycles. The second-order valence-electron chi connectivity index (χ2n) is 6.47. The first kappa shape index (κ1) is 16.4. The number of rotatable bonds is 3. The van der Waals surface area contributed by atoms with Crippen molar-refractivity contribution in [2.45, 2.75) is 32.5 Å². The summed E-state index contributed by atoms with van der Waals surface area (Å²) in [5.41, 5.74) is 3.32. The number of hydrogen-bond donors (Lipinski definition) is 0. The molecule has 26 heavy (non-hydrogen) atoms. The molecule has 1 unspecified atom stereocenters. The predicted octanol–water partition coefficient (Wildman–Crippen LogP) is 3.69. The highest BCUT2D eigenvalue weighted by Gasteiger charge is 2.31. The van der Waals surface area contributed by atoms with Crippen molar-refractivity contribution < 1.29 is 8.81 Å². The number of aromatic nitrogens is 2.